The zero-order valence-electron chi connectivity index (χ0n) is 12.3. The van der Waals surface area contributed by atoms with Crippen LogP contribution in [0.5, 0.6) is 11.5 Å². The topological polar surface area (TPSA) is 21.3 Å². The Morgan fingerprint density at radius 2 is 1.70 bits per heavy atom. The molecule has 3 heteroatoms. The van der Waals surface area contributed by atoms with Gasteiger partial charge in [0.1, 0.15) is 11.5 Å². The molecule has 20 heavy (non-hydrogen) atoms. The summed E-state index contributed by atoms with van der Waals surface area (Å²) in [6.45, 7) is 6.28. The fourth-order valence-electron chi connectivity index (χ4n) is 2.22. The Morgan fingerprint density at radius 3 is 2.30 bits per heavy atom. The molecule has 1 atom stereocenters. The molecule has 1 N–H and O–H groups in total. The first-order valence-corrected chi connectivity index (χ1v) is 7.52. The fraction of sp³-hybridized carbons (Fsp3) is 0.294. The van der Waals surface area contributed by atoms with Gasteiger partial charge in [-0.25, -0.2) is 0 Å². The highest BCUT2D eigenvalue weighted by Crippen LogP contribution is 2.32. The summed E-state index contributed by atoms with van der Waals surface area (Å²) in [5.74, 6) is 1.77. The molecular weight excluding hydrogens is 314 g/mol. The second-order valence-corrected chi connectivity index (χ2v) is 6.03. The smallest absolute Gasteiger partial charge is 0.132 e. The van der Waals surface area contributed by atoms with Crippen molar-refractivity contribution in [1.82, 2.24) is 5.32 Å². The molecular formula is C17H20BrNO. The molecule has 0 spiro atoms. The van der Waals surface area contributed by atoms with Crippen LogP contribution in [-0.2, 0) is 0 Å². The van der Waals surface area contributed by atoms with Crippen LogP contribution in [0.15, 0.2) is 40.9 Å². The monoisotopic (exact) mass is 333 g/mol. The van der Waals surface area contributed by atoms with E-state index in [2.05, 4.69) is 66.3 Å². The third kappa shape index (κ3) is 3.62. The van der Waals surface area contributed by atoms with Gasteiger partial charge in [-0.05, 0) is 69.3 Å². The number of nitrogens with one attached hydrogen (secondary N) is 1. The summed E-state index contributed by atoms with van der Waals surface area (Å²) in [7, 11) is 1.95. The second-order valence-electron chi connectivity index (χ2n) is 5.12. The molecule has 2 aromatic rings. The number of rotatable bonds is 4. The SMILES string of the molecule is CNC(C)c1cc(Br)ccc1Oc1cc(C)cc(C)c1. The summed E-state index contributed by atoms with van der Waals surface area (Å²) in [6, 6.07) is 12.6. The van der Waals surface area contributed by atoms with Crippen LogP contribution in [0.25, 0.3) is 0 Å². The molecule has 0 aliphatic rings. The number of ether oxygens (including phenoxy) is 1. The molecule has 0 aliphatic carbocycles. The van der Waals surface area contributed by atoms with Gasteiger partial charge in [0.15, 0.2) is 0 Å². The van der Waals surface area contributed by atoms with Crippen molar-refractivity contribution in [3.05, 3.63) is 57.6 Å². The van der Waals surface area contributed by atoms with E-state index < -0.39 is 0 Å². The number of hydrogen-bond acceptors (Lipinski definition) is 2. The Labute approximate surface area is 129 Å². The van der Waals surface area contributed by atoms with E-state index in [1.54, 1.807) is 0 Å². The van der Waals surface area contributed by atoms with Gasteiger partial charge in [-0.15, -0.1) is 0 Å². The van der Waals surface area contributed by atoms with Gasteiger partial charge in [-0.2, -0.15) is 0 Å². The molecule has 0 heterocycles. The minimum absolute atomic E-state index is 0.230. The first-order chi connectivity index (χ1) is 9.49. The molecule has 0 aromatic heterocycles. The minimum atomic E-state index is 0.230. The van der Waals surface area contributed by atoms with E-state index in [0.717, 1.165) is 21.5 Å². The van der Waals surface area contributed by atoms with Gasteiger partial charge in [0.2, 0.25) is 0 Å². The summed E-state index contributed by atoms with van der Waals surface area (Å²) in [4.78, 5) is 0. The first kappa shape index (κ1) is 15.1. The summed E-state index contributed by atoms with van der Waals surface area (Å²) in [5.41, 5.74) is 3.56. The van der Waals surface area contributed by atoms with Crippen LogP contribution < -0.4 is 10.1 Å². The number of hydrogen-bond donors (Lipinski definition) is 1. The van der Waals surface area contributed by atoms with Crippen molar-refractivity contribution in [3.63, 3.8) is 0 Å². The van der Waals surface area contributed by atoms with Crippen molar-refractivity contribution in [2.45, 2.75) is 26.8 Å². The van der Waals surface area contributed by atoms with E-state index in [0.29, 0.717) is 0 Å². The molecule has 0 amide bonds. The molecule has 2 nitrogen and oxygen atoms in total. The minimum Gasteiger partial charge on any atom is -0.457 e. The Kier molecular flexibility index (Phi) is 4.84. The Bertz CT molecular complexity index is 590. The summed E-state index contributed by atoms with van der Waals surface area (Å²) in [6.07, 6.45) is 0. The largest absolute Gasteiger partial charge is 0.457 e. The quantitative estimate of drug-likeness (QED) is 0.836. The van der Waals surface area contributed by atoms with E-state index in [1.807, 2.05) is 19.2 Å². The summed E-state index contributed by atoms with van der Waals surface area (Å²) >= 11 is 3.52. The molecule has 0 saturated carbocycles. The van der Waals surface area contributed by atoms with Gasteiger partial charge in [0.25, 0.3) is 0 Å². The molecule has 1 unspecified atom stereocenters. The normalized spacial score (nSPS) is 12.2. The Balaban J connectivity index is 2.37. The number of aryl methyl sites for hydroxylation is 2. The lowest BCUT2D eigenvalue weighted by atomic mass is 10.1. The van der Waals surface area contributed by atoms with E-state index in [9.17, 15) is 0 Å². The lowest BCUT2D eigenvalue weighted by molar-refractivity contribution is 0.465. The molecule has 0 fully saturated rings. The van der Waals surface area contributed by atoms with Crippen LogP contribution in [0, 0.1) is 13.8 Å². The van der Waals surface area contributed by atoms with E-state index in [4.69, 9.17) is 4.74 Å². The van der Waals surface area contributed by atoms with Crippen LogP contribution in [0.4, 0.5) is 0 Å². The van der Waals surface area contributed by atoms with Crippen LogP contribution in [0.1, 0.15) is 29.7 Å². The van der Waals surface area contributed by atoms with Gasteiger partial charge >= 0.3 is 0 Å². The van der Waals surface area contributed by atoms with Gasteiger partial charge in [0, 0.05) is 16.1 Å². The van der Waals surface area contributed by atoms with Gasteiger partial charge in [-0.3, -0.25) is 0 Å². The maximum absolute atomic E-state index is 6.09. The molecule has 0 saturated heterocycles. The van der Waals surface area contributed by atoms with Gasteiger partial charge < -0.3 is 10.1 Å². The number of benzene rings is 2. The van der Waals surface area contributed by atoms with Gasteiger partial charge in [-0.1, -0.05) is 22.0 Å². The third-order valence-corrected chi connectivity index (χ3v) is 3.79. The fourth-order valence-corrected chi connectivity index (χ4v) is 2.60. The predicted molar refractivity (Wildman–Crippen MR) is 87.6 cm³/mol. The summed E-state index contributed by atoms with van der Waals surface area (Å²) in [5, 5.41) is 3.26. The molecule has 106 valence electrons. The summed E-state index contributed by atoms with van der Waals surface area (Å²) < 4.78 is 7.15. The lowest BCUT2D eigenvalue weighted by Gasteiger charge is -2.17. The highest BCUT2D eigenvalue weighted by atomic mass is 79.9. The van der Waals surface area contributed by atoms with Gasteiger partial charge in [0.05, 0.1) is 0 Å². The van der Waals surface area contributed by atoms with Crippen LogP contribution in [0.2, 0.25) is 0 Å². The van der Waals surface area contributed by atoms with Crippen molar-refractivity contribution in [2.75, 3.05) is 7.05 Å². The molecule has 0 radical (unpaired) electrons. The molecule has 2 rings (SSSR count). The van der Waals surface area contributed by atoms with Crippen LogP contribution in [0.3, 0.4) is 0 Å². The molecule has 0 bridgehead atoms. The van der Waals surface area contributed by atoms with Crippen molar-refractivity contribution in [2.24, 2.45) is 0 Å². The first-order valence-electron chi connectivity index (χ1n) is 6.72. The maximum atomic E-state index is 6.09. The van der Waals surface area contributed by atoms with Crippen LogP contribution >= 0.6 is 15.9 Å². The van der Waals surface area contributed by atoms with Crippen molar-refractivity contribution in [3.8, 4) is 11.5 Å². The Morgan fingerprint density at radius 1 is 1.05 bits per heavy atom. The highest BCUT2D eigenvalue weighted by molar-refractivity contribution is 9.10. The van der Waals surface area contributed by atoms with Crippen molar-refractivity contribution >= 4 is 15.9 Å². The molecule has 0 aliphatic heterocycles. The zero-order valence-corrected chi connectivity index (χ0v) is 13.9. The van der Waals surface area contributed by atoms with E-state index >= 15 is 0 Å². The maximum Gasteiger partial charge on any atom is 0.132 e. The second kappa shape index (κ2) is 6.42. The van der Waals surface area contributed by atoms with Crippen LogP contribution in [-0.4, -0.2) is 7.05 Å². The number of halogens is 1. The predicted octanol–water partition coefficient (Wildman–Crippen LogP) is 5.14. The van der Waals surface area contributed by atoms with E-state index in [1.165, 1.54) is 11.1 Å². The van der Waals surface area contributed by atoms with Crippen molar-refractivity contribution < 1.29 is 4.74 Å². The zero-order chi connectivity index (χ0) is 14.7. The Hall–Kier alpha value is -1.32. The van der Waals surface area contributed by atoms with E-state index in [-0.39, 0.29) is 6.04 Å². The van der Waals surface area contributed by atoms with Crippen molar-refractivity contribution in [1.29, 1.82) is 0 Å². The third-order valence-electron chi connectivity index (χ3n) is 3.29. The average molecular weight is 334 g/mol. The lowest BCUT2D eigenvalue weighted by Crippen LogP contribution is -2.13. The average Bonchev–Trinajstić information content (AvgIpc) is 2.38. The standard InChI is InChI=1S/C17H20BrNO/c1-11-7-12(2)9-15(8-11)20-17-6-5-14(18)10-16(17)13(3)19-4/h5-10,13,19H,1-4H3. The molecule has 2 aromatic carbocycles. The highest BCUT2D eigenvalue weighted by Gasteiger charge is 2.12.